The molecule has 12 heteroatoms. The van der Waals surface area contributed by atoms with E-state index in [1.807, 2.05) is 0 Å². The van der Waals surface area contributed by atoms with Crippen molar-refractivity contribution in [2.45, 2.75) is 56.1 Å². The fourth-order valence-corrected chi connectivity index (χ4v) is 4.64. The molecule has 0 bridgehead atoms. The third kappa shape index (κ3) is 6.87. The minimum atomic E-state index is -5.24. The lowest BCUT2D eigenvalue weighted by atomic mass is 10.1. The zero-order chi connectivity index (χ0) is 20.1. The first kappa shape index (κ1) is 25.7. The van der Waals surface area contributed by atoms with Gasteiger partial charge in [0.25, 0.3) is 0 Å². The van der Waals surface area contributed by atoms with Crippen molar-refractivity contribution in [2.24, 2.45) is 4.99 Å². The van der Waals surface area contributed by atoms with Crippen LogP contribution in [0.3, 0.4) is 0 Å². The molecule has 0 amide bonds. The van der Waals surface area contributed by atoms with Crippen LogP contribution in [-0.2, 0) is 10.0 Å². The number of guanidine groups is 1. The second kappa shape index (κ2) is 11.2. The number of nitrogens with one attached hydrogen (secondary N) is 2. The lowest BCUT2D eigenvalue weighted by molar-refractivity contribution is -0.0494. The molecule has 0 atom stereocenters. The summed E-state index contributed by atoms with van der Waals surface area (Å²) in [4.78, 5) is 6.49. The van der Waals surface area contributed by atoms with Crippen LogP contribution in [0.1, 0.15) is 38.5 Å². The summed E-state index contributed by atoms with van der Waals surface area (Å²) in [6.07, 6.45) is 5.66. The number of rotatable bonds is 6. The number of nitrogens with zero attached hydrogens (tertiary/aromatic N) is 3. The van der Waals surface area contributed by atoms with Gasteiger partial charge in [0.05, 0.1) is 0 Å². The fourth-order valence-electron chi connectivity index (χ4n) is 3.65. The van der Waals surface area contributed by atoms with E-state index in [2.05, 4.69) is 27.6 Å². The van der Waals surface area contributed by atoms with Crippen LogP contribution in [0.15, 0.2) is 4.99 Å². The summed E-state index contributed by atoms with van der Waals surface area (Å²) in [5.74, 6) is 0.590. The number of halogens is 4. The van der Waals surface area contributed by atoms with Gasteiger partial charge in [0.15, 0.2) is 5.96 Å². The van der Waals surface area contributed by atoms with E-state index in [0.717, 1.165) is 6.54 Å². The molecule has 1 saturated carbocycles. The van der Waals surface area contributed by atoms with Crippen LogP contribution in [0, 0.1) is 0 Å². The zero-order valence-electron chi connectivity index (χ0n) is 16.3. The summed E-state index contributed by atoms with van der Waals surface area (Å²) in [5.41, 5.74) is -5.24. The van der Waals surface area contributed by atoms with E-state index >= 15 is 0 Å². The predicted molar refractivity (Wildman–Crippen MR) is 114 cm³/mol. The standard InChI is InChI=1S/C16H30F3N5O2S.HI/c1-20-15(21-9-12-23(2)14-5-3-4-6-14)22-13-7-10-24(11-8-13)27(25,26)16(17,18)19;/h13-14H,3-12H2,1-2H3,(H2,20,21,22);1H. The molecular formula is C16H31F3IN5O2S. The molecule has 1 saturated heterocycles. The second-order valence-corrected chi connectivity index (χ2v) is 9.12. The van der Waals surface area contributed by atoms with Crippen LogP contribution in [-0.4, -0.2) is 81.4 Å². The zero-order valence-corrected chi connectivity index (χ0v) is 19.5. The van der Waals surface area contributed by atoms with Crippen molar-refractivity contribution >= 4 is 40.0 Å². The Morgan fingerprint density at radius 2 is 1.75 bits per heavy atom. The van der Waals surface area contributed by atoms with Gasteiger partial charge in [-0.25, -0.2) is 8.42 Å². The Morgan fingerprint density at radius 3 is 2.25 bits per heavy atom. The van der Waals surface area contributed by atoms with E-state index in [1.54, 1.807) is 7.05 Å². The summed E-state index contributed by atoms with van der Waals surface area (Å²) in [6.45, 7) is 1.30. The van der Waals surface area contributed by atoms with Crippen molar-refractivity contribution < 1.29 is 21.6 Å². The molecule has 2 N–H and O–H groups in total. The van der Waals surface area contributed by atoms with E-state index in [1.165, 1.54) is 25.7 Å². The highest BCUT2D eigenvalue weighted by atomic mass is 127. The normalized spacial score (nSPS) is 21.0. The van der Waals surface area contributed by atoms with Crippen molar-refractivity contribution in [2.75, 3.05) is 40.3 Å². The summed E-state index contributed by atoms with van der Waals surface area (Å²) in [7, 11) is -1.48. The molecule has 0 aromatic heterocycles. The van der Waals surface area contributed by atoms with Crippen LogP contribution in [0.4, 0.5) is 13.2 Å². The third-order valence-corrected chi connectivity index (χ3v) is 6.99. The van der Waals surface area contributed by atoms with Crippen molar-refractivity contribution in [1.82, 2.24) is 19.8 Å². The van der Waals surface area contributed by atoms with E-state index in [9.17, 15) is 21.6 Å². The molecule has 1 aliphatic heterocycles. The van der Waals surface area contributed by atoms with E-state index in [0.29, 0.717) is 35.7 Å². The number of sulfonamides is 1. The van der Waals surface area contributed by atoms with Crippen molar-refractivity contribution in [1.29, 1.82) is 0 Å². The highest BCUT2D eigenvalue weighted by Crippen LogP contribution is 2.29. The smallest absolute Gasteiger partial charge is 0.355 e. The Labute approximate surface area is 182 Å². The van der Waals surface area contributed by atoms with E-state index in [4.69, 9.17) is 0 Å². The van der Waals surface area contributed by atoms with Gasteiger partial charge in [-0.05, 0) is 32.7 Å². The van der Waals surface area contributed by atoms with E-state index < -0.39 is 15.5 Å². The maximum Gasteiger partial charge on any atom is 0.511 e. The number of hydrogen-bond donors (Lipinski definition) is 2. The molecule has 166 valence electrons. The largest absolute Gasteiger partial charge is 0.511 e. The molecule has 2 aliphatic rings. The molecule has 28 heavy (non-hydrogen) atoms. The molecule has 1 heterocycles. The molecule has 2 fully saturated rings. The Morgan fingerprint density at radius 1 is 1.18 bits per heavy atom. The highest BCUT2D eigenvalue weighted by molar-refractivity contribution is 14.0. The van der Waals surface area contributed by atoms with Gasteiger partial charge in [-0.15, -0.1) is 24.0 Å². The summed E-state index contributed by atoms with van der Waals surface area (Å²) in [6, 6.07) is 0.533. The fraction of sp³-hybridized carbons (Fsp3) is 0.938. The molecule has 0 unspecified atom stereocenters. The number of hydrogen-bond acceptors (Lipinski definition) is 4. The number of aliphatic imine (C=N–C) groups is 1. The number of alkyl halides is 3. The summed E-state index contributed by atoms with van der Waals surface area (Å²) >= 11 is 0. The van der Waals surface area contributed by atoms with Crippen LogP contribution in [0.25, 0.3) is 0 Å². The van der Waals surface area contributed by atoms with Crippen LogP contribution >= 0.6 is 24.0 Å². The topological polar surface area (TPSA) is 77.0 Å². The average molecular weight is 541 g/mol. The Hall–Kier alpha value is -0.340. The molecule has 1 aliphatic carbocycles. The number of likely N-dealkylation sites (N-methyl/N-ethyl adjacent to an activating group) is 1. The second-order valence-electron chi connectivity index (χ2n) is 7.19. The highest BCUT2D eigenvalue weighted by Gasteiger charge is 2.50. The average Bonchev–Trinajstić information content (AvgIpc) is 3.15. The van der Waals surface area contributed by atoms with Gasteiger partial charge in [-0.3, -0.25) is 4.99 Å². The van der Waals surface area contributed by atoms with Crippen LogP contribution in [0.5, 0.6) is 0 Å². The molecule has 0 spiro atoms. The summed E-state index contributed by atoms with van der Waals surface area (Å²) < 4.78 is 61.3. The van der Waals surface area contributed by atoms with E-state index in [-0.39, 0.29) is 43.1 Å². The predicted octanol–water partition coefficient (Wildman–Crippen LogP) is 1.96. The van der Waals surface area contributed by atoms with Crippen LogP contribution in [0.2, 0.25) is 0 Å². The minimum absolute atomic E-state index is 0. The molecule has 7 nitrogen and oxygen atoms in total. The van der Waals surface area contributed by atoms with Gasteiger partial charge < -0.3 is 15.5 Å². The lowest BCUT2D eigenvalue weighted by Gasteiger charge is -2.32. The monoisotopic (exact) mass is 541 g/mol. The molecule has 0 aromatic carbocycles. The molecule has 0 radical (unpaired) electrons. The Kier molecular flexibility index (Phi) is 10.2. The van der Waals surface area contributed by atoms with Gasteiger partial charge in [0.1, 0.15) is 0 Å². The third-order valence-electron chi connectivity index (χ3n) is 5.36. The Bertz CT molecular complexity index is 604. The maximum atomic E-state index is 12.6. The van der Waals surface area contributed by atoms with Crippen molar-refractivity contribution in [3.63, 3.8) is 0 Å². The van der Waals surface area contributed by atoms with Gasteiger partial charge in [-0.2, -0.15) is 17.5 Å². The van der Waals surface area contributed by atoms with Crippen molar-refractivity contribution in [3.8, 4) is 0 Å². The van der Waals surface area contributed by atoms with Crippen molar-refractivity contribution in [3.05, 3.63) is 0 Å². The molecular weight excluding hydrogens is 510 g/mol. The van der Waals surface area contributed by atoms with Gasteiger partial charge in [0, 0.05) is 45.3 Å². The van der Waals surface area contributed by atoms with Crippen LogP contribution < -0.4 is 10.6 Å². The van der Waals surface area contributed by atoms with Gasteiger partial charge in [-0.1, -0.05) is 12.8 Å². The number of piperidine rings is 1. The SMILES string of the molecule is CN=C(NCCN(C)C1CCCC1)NC1CCN(S(=O)(=O)C(F)(F)F)CC1.I. The molecule has 0 aromatic rings. The first-order chi connectivity index (χ1) is 12.6. The lowest BCUT2D eigenvalue weighted by Crippen LogP contribution is -2.52. The first-order valence-corrected chi connectivity index (χ1v) is 10.8. The first-order valence-electron chi connectivity index (χ1n) is 9.39. The summed E-state index contributed by atoms with van der Waals surface area (Å²) in [5, 5.41) is 6.40. The molecule has 2 rings (SSSR count). The van der Waals surface area contributed by atoms with Gasteiger partial charge >= 0.3 is 15.5 Å². The Balaban J connectivity index is 0.00000392. The minimum Gasteiger partial charge on any atom is -0.355 e. The quantitative estimate of drug-likeness (QED) is 0.306. The maximum absolute atomic E-state index is 12.6. The van der Waals surface area contributed by atoms with Gasteiger partial charge in [0.2, 0.25) is 0 Å².